The topological polar surface area (TPSA) is 61.4 Å². The Labute approximate surface area is 117 Å². The first-order valence-corrected chi connectivity index (χ1v) is 6.55. The number of halogens is 1. The molecule has 1 aliphatic heterocycles. The zero-order valence-corrected chi connectivity index (χ0v) is 11.6. The largest absolute Gasteiger partial charge is 0.350 e. The molecular formula is C14H18FN3O2. The molecule has 0 atom stereocenters. The van der Waals surface area contributed by atoms with Crippen molar-refractivity contribution in [2.24, 2.45) is 0 Å². The number of imide groups is 1. The number of nitrogens with zero attached hydrogens (tertiary/aromatic N) is 1. The molecule has 0 bridgehead atoms. The molecule has 0 saturated carbocycles. The van der Waals surface area contributed by atoms with Gasteiger partial charge in [0.05, 0.1) is 18.8 Å². The molecule has 0 radical (unpaired) electrons. The van der Waals surface area contributed by atoms with Crippen molar-refractivity contribution in [3.8, 4) is 0 Å². The van der Waals surface area contributed by atoms with Gasteiger partial charge in [-0.15, -0.1) is 0 Å². The quantitative estimate of drug-likeness (QED) is 0.800. The van der Waals surface area contributed by atoms with E-state index in [9.17, 15) is 14.0 Å². The predicted molar refractivity (Wildman–Crippen MR) is 73.7 cm³/mol. The summed E-state index contributed by atoms with van der Waals surface area (Å²) in [5, 5.41) is 5.42. The summed E-state index contributed by atoms with van der Waals surface area (Å²) < 4.78 is 14.1. The molecule has 2 amide bonds. The van der Waals surface area contributed by atoms with Crippen LogP contribution in [0.25, 0.3) is 0 Å². The van der Waals surface area contributed by atoms with Gasteiger partial charge in [-0.1, -0.05) is 26.0 Å². The number of amides is 2. The van der Waals surface area contributed by atoms with Crippen molar-refractivity contribution in [1.82, 2.24) is 10.6 Å². The molecule has 1 saturated heterocycles. The average Bonchev–Trinajstić information content (AvgIpc) is 2.35. The van der Waals surface area contributed by atoms with Gasteiger partial charge in [-0.2, -0.15) is 0 Å². The van der Waals surface area contributed by atoms with Crippen LogP contribution in [0.1, 0.15) is 19.4 Å². The van der Waals surface area contributed by atoms with Gasteiger partial charge in [0.2, 0.25) is 11.8 Å². The Balaban J connectivity index is 2.29. The summed E-state index contributed by atoms with van der Waals surface area (Å²) in [6.07, 6.45) is 0. The molecule has 2 rings (SSSR count). The van der Waals surface area contributed by atoms with Crippen LogP contribution in [-0.2, 0) is 16.1 Å². The minimum Gasteiger partial charge on any atom is -0.350 e. The number of para-hydroxylation sites is 1. The first-order chi connectivity index (χ1) is 9.47. The van der Waals surface area contributed by atoms with E-state index in [4.69, 9.17) is 0 Å². The molecule has 0 aromatic heterocycles. The third-order valence-electron chi connectivity index (χ3n) is 3.04. The number of hydrogen-bond donors (Lipinski definition) is 2. The predicted octanol–water partition coefficient (Wildman–Crippen LogP) is 0.786. The Morgan fingerprint density at radius 1 is 1.30 bits per heavy atom. The van der Waals surface area contributed by atoms with Crippen molar-refractivity contribution >= 4 is 17.5 Å². The summed E-state index contributed by atoms with van der Waals surface area (Å²) in [6, 6.07) is 5.02. The van der Waals surface area contributed by atoms with Gasteiger partial charge in [-0.05, 0) is 11.6 Å². The maximum absolute atomic E-state index is 14.1. The minimum atomic E-state index is -0.421. The van der Waals surface area contributed by atoms with Crippen molar-refractivity contribution in [3.05, 3.63) is 29.6 Å². The van der Waals surface area contributed by atoms with Crippen LogP contribution in [0.4, 0.5) is 10.1 Å². The lowest BCUT2D eigenvalue weighted by Crippen LogP contribution is -2.52. The number of rotatable bonds is 4. The highest BCUT2D eigenvalue weighted by molar-refractivity contribution is 6.02. The van der Waals surface area contributed by atoms with E-state index in [1.807, 2.05) is 13.8 Å². The van der Waals surface area contributed by atoms with E-state index in [1.165, 1.54) is 11.0 Å². The molecule has 6 heteroatoms. The zero-order valence-electron chi connectivity index (χ0n) is 11.6. The Kier molecular flexibility index (Phi) is 4.34. The SMILES string of the molecule is CC(C)NCc1cccc(F)c1N1CC(=O)NC(=O)C1. The summed E-state index contributed by atoms with van der Waals surface area (Å²) in [5.74, 6) is -1.24. The summed E-state index contributed by atoms with van der Waals surface area (Å²) in [6.45, 7) is 4.45. The van der Waals surface area contributed by atoms with Crippen LogP contribution in [0.15, 0.2) is 18.2 Å². The van der Waals surface area contributed by atoms with Crippen molar-refractivity contribution in [2.45, 2.75) is 26.4 Å². The van der Waals surface area contributed by atoms with E-state index < -0.39 is 17.6 Å². The van der Waals surface area contributed by atoms with Crippen LogP contribution in [0.2, 0.25) is 0 Å². The van der Waals surface area contributed by atoms with Crippen molar-refractivity contribution in [3.63, 3.8) is 0 Å². The van der Waals surface area contributed by atoms with Crippen LogP contribution in [0, 0.1) is 5.82 Å². The molecule has 20 heavy (non-hydrogen) atoms. The summed E-state index contributed by atoms with van der Waals surface area (Å²) in [7, 11) is 0. The lowest BCUT2D eigenvalue weighted by molar-refractivity contribution is -0.130. The molecular weight excluding hydrogens is 261 g/mol. The normalized spacial score (nSPS) is 15.7. The molecule has 0 spiro atoms. The van der Waals surface area contributed by atoms with Gasteiger partial charge in [0.1, 0.15) is 5.82 Å². The van der Waals surface area contributed by atoms with E-state index >= 15 is 0 Å². The molecule has 0 aliphatic carbocycles. The molecule has 5 nitrogen and oxygen atoms in total. The van der Waals surface area contributed by atoms with Gasteiger partial charge in [0, 0.05) is 12.6 Å². The number of carbonyl (C=O) groups is 2. The van der Waals surface area contributed by atoms with E-state index in [2.05, 4.69) is 10.6 Å². The van der Waals surface area contributed by atoms with Crippen LogP contribution in [0.3, 0.4) is 0 Å². The average molecular weight is 279 g/mol. The van der Waals surface area contributed by atoms with Crippen LogP contribution in [-0.4, -0.2) is 30.9 Å². The maximum Gasteiger partial charge on any atom is 0.246 e. The monoisotopic (exact) mass is 279 g/mol. The van der Waals surface area contributed by atoms with Crippen LogP contribution < -0.4 is 15.5 Å². The lowest BCUT2D eigenvalue weighted by Gasteiger charge is -2.29. The summed E-state index contributed by atoms with van der Waals surface area (Å²) >= 11 is 0. The second-order valence-corrected chi connectivity index (χ2v) is 5.11. The highest BCUT2D eigenvalue weighted by atomic mass is 19.1. The molecule has 1 fully saturated rings. The summed E-state index contributed by atoms with van der Waals surface area (Å²) in [5.41, 5.74) is 1.06. The number of anilines is 1. The van der Waals surface area contributed by atoms with E-state index in [0.717, 1.165) is 5.56 Å². The highest BCUT2D eigenvalue weighted by Gasteiger charge is 2.26. The standard InChI is InChI=1S/C14H18FN3O2/c1-9(2)16-6-10-4-3-5-11(15)14(10)18-7-12(19)17-13(20)8-18/h3-5,9,16H,6-8H2,1-2H3,(H,17,19,20). The van der Waals surface area contributed by atoms with Gasteiger partial charge in [-0.3, -0.25) is 14.9 Å². The number of hydrogen-bond acceptors (Lipinski definition) is 4. The fourth-order valence-corrected chi connectivity index (χ4v) is 2.17. The first kappa shape index (κ1) is 14.5. The second kappa shape index (κ2) is 6.00. The maximum atomic E-state index is 14.1. The molecule has 0 unspecified atom stereocenters. The Hall–Kier alpha value is -1.95. The van der Waals surface area contributed by atoms with Gasteiger partial charge < -0.3 is 10.2 Å². The fourth-order valence-electron chi connectivity index (χ4n) is 2.17. The first-order valence-electron chi connectivity index (χ1n) is 6.55. The van der Waals surface area contributed by atoms with Crippen molar-refractivity contribution in [1.29, 1.82) is 0 Å². The van der Waals surface area contributed by atoms with Crippen molar-refractivity contribution < 1.29 is 14.0 Å². The van der Waals surface area contributed by atoms with Crippen LogP contribution >= 0.6 is 0 Å². The molecule has 1 aromatic rings. The fraction of sp³-hybridized carbons (Fsp3) is 0.429. The lowest BCUT2D eigenvalue weighted by atomic mass is 10.1. The number of carbonyl (C=O) groups excluding carboxylic acids is 2. The molecule has 1 aromatic carbocycles. The number of benzene rings is 1. The zero-order chi connectivity index (χ0) is 14.7. The van der Waals surface area contributed by atoms with Crippen molar-refractivity contribution in [2.75, 3.05) is 18.0 Å². The Morgan fingerprint density at radius 3 is 2.55 bits per heavy atom. The van der Waals surface area contributed by atoms with Gasteiger partial charge in [-0.25, -0.2) is 4.39 Å². The molecule has 108 valence electrons. The number of piperazine rings is 1. The van der Waals surface area contributed by atoms with Crippen LogP contribution in [0.5, 0.6) is 0 Å². The Bertz CT molecular complexity index is 515. The van der Waals surface area contributed by atoms with E-state index in [0.29, 0.717) is 12.2 Å². The third-order valence-corrected chi connectivity index (χ3v) is 3.04. The number of nitrogens with one attached hydrogen (secondary N) is 2. The molecule has 1 aliphatic rings. The summed E-state index contributed by atoms with van der Waals surface area (Å²) in [4.78, 5) is 24.3. The van der Waals surface area contributed by atoms with E-state index in [-0.39, 0.29) is 19.1 Å². The minimum absolute atomic E-state index is 0.0125. The van der Waals surface area contributed by atoms with E-state index in [1.54, 1.807) is 12.1 Å². The Morgan fingerprint density at radius 2 is 1.95 bits per heavy atom. The smallest absolute Gasteiger partial charge is 0.246 e. The third kappa shape index (κ3) is 3.33. The van der Waals surface area contributed by atoms with Gasteiger partial charge in [0.15, 0.2) is 0 Å². The second-order valence-electron chi connectivity index (χ2n) is 5.11. The highest BCUT2D eigenvalue weighted by Crippen LogP contribution is 2.25. The van der Waals surface area contributed by atoms with Gasteiger partial charge in [0.25, 0.3) is 0 Å². The molecule has 1 heterocycles. The molecule has 2 N–H and O–H groups in total. The van der Waals surface area contributed by atoms with Gasteiger partial charge >= 0.3 is 0 Å².